The molecule has 0 aliphatic carbocycles. The van der Waals surface area contributed by atoms with Gasteiger partial charge in [-0.05, 0) is 12.1 Å². The van der Waals surface area contributed by atoms with Crippen molar-refractivity contribution in [2.75, 3.05) is 7.11 Å². The molecule has 0 radical (unpaired) electrons. The van der Waals surface area contributed by atoms with Gasteiger partial charge in [0.15, 0.2) is 6.10 Å². The first-order valence-electron chi connectivity index (χ1n) is 4.54. The summed E-state index contributed by atoms with van der Waals surface area (Å²) >= 11 is 2.83. The molecule has 0 amide bonds. The number of methoxy groups -OCH3 is 1. The standard InChI is InChI=1S/C10H8BrF3O4/c1-18-8-5(7(15)9(16)17)2-4(11)3-6(8)10(12,13)14/h2-3,7,15H,1H3,(H,16,17). The highest BCUT2D eigenvalue weighted by Gasteiger charge is 2.37. The van der Waals surface area contributed by atoms with Crippen molar-refractivity contribution in [2.45, 2.75) is 12.3 Å². The molecule has 0 fully saturated rings. The Kier molecular flexibility index (Phi) is 4.23. The van der Waals surface area contributed by atoms with Gasteiger partial charge >= 0.3 is 12.1 Å². The monoisotopic (exact) mass is 328 g/mol. The Balaban J connectivity index is 3.52. The summed E-state index contributed by atoms with van der Waals surface area (Å²) < 4.78 is 42.7. The lowest BCUT2D eigenvalue weighted by atomic mass is 10.0. The summed E-state index contributed by atoms with van der Waals surface area (Å²) in [5.41, 5.74) is -1.62. The SMILES string of the molecule is COc1c(C(O)C(=O)O)cc(Br)cc1C(F)(F)F. The van der Waals surface area contributed by atoms with Gasteiger partial charge in [0.1, 0.15) is 5.75 Å². The molecular weight excluding hydrogens is 321 g/mol. The van der Waals surface area contributed by atoms with Crippen molar-refractivity contribution in [1.82, 2.24) is 0 Å². The zero-order valence-corrected chi connectivity index (χ0v) is 10.5. The van der Waals surface area contributed by atoms with Crippen LogP contribution in [0.1, 0.15) is 17.2 Å². The number of halogens is 4. The smallest absolute Gasteiger partial charge is 0.420 e. The van der Waals surface area contributed by atoms with Crippen molar-refractivity contribution < 1.29 is 32.9 Å². The second-order valence-corrected chi connectivity index (χ2v) is 4.23. The van der Waals surface area contributed by atoms with Crippen LogP contribution in [0.3, 0.4) is 0 Å². The lowest BCUT2D eigenvalue weighted by Gasteiger charge is -2.17. The number of carboxylic acids is 1. The Hall–Kier alpha value is -1.28. The van der Waals surface area contributed by atoms with E-state index in [9.17, 15) is 23.1 Å². The number of aliphatic hydroxyl groups is 1. The summed E-state index contributed by atoms with van der Waals surface area (Å²) in [7, 11) is 0.969. The van der Waals surface area contributed by atoms with Gasteiger partial charge in [-0.15, -0.1) is 0 Å². The van der Waals surface area contributed by atoms with Crippen LogP contribution in [0.2, 0.25) is 0 Å². The van der Waals surface area contributed by atoms with Crippen LogP contribution in [0.4, 0.5) is 13.2 Å². The molecule has 18 heavy (non-hydrogen) atoms. The van der Waals surface area contributed by atoms with Gasteiger partial charge in [-0.1, -0.05) is 15.9 Å². The minimum absolute atomic E-state index is 0.00840. The summed E-state index contributed by atoms with van der Waals surface area (Å²) in [5.74, 6) is -2.37. The van der Waals surface area contributed by atoms with E-state index in [0.717, 1.165) is 19.2 Å². The van der Waals surface area contributed by atoms with Crippen LogP contribution >= 0.6 is 15.9 Å². The molecular formula is C10H8BrF3O4. The molecule has 0 bridgehead atoms. The van der Waals surface area contributed by atoms with Gasteiger partial charge in [0, 0.05) is 10.0 Å². The third-order valence-electron chi connectivity index (χ3n) is 2.12. The molecule has 0 aromatic heterocycles. The second-order valence-electron chi connectivity index (χ2n) is 3.31. The maximum Gasteiger partial charge on any atom is 0.420 e. The van der Waals surface area contributed by atoms with E-state index in [4.69, 9.17) is 5.11 Å². The first-order chi connectivity index (χ1) is 8.18. The molecule has 4 nitrogen and oxygen atoms in total. The van der Waals surface area contributed by atoms with E-state index in [2.05, 4.69) is 20.7 Å². The van der Waals surface area contributed by atoms with Crippen LogP contribution in [-0.2, 0) is 11.0 Å². The van der Waals surface area contributed by atoms with E-state index in [1.165, 1.54) is 0 Å². The fourth-order valence-electron chi connectivity index (χ4n) is 1.39. The number of rotatable bonds is 3. The van der Waals surface area contributed by atoms with Crippen LogP contribution in [0.5, 0.6) is 5.75 Å². The van der Waals surface area contributed by atoms with Gasteiger partial charge in [0.25, 0.3) is 0 Å². The molecule has 0 aliphatic heterocycles. The molecule has 100 valence electrons. The number of hydrogen-bond acceptors (Lipinski definition) is 3. The summed E-state index contributed by atoms with van der Waals surface area (Å²) in [5, 5.41) is 18.0. The third-order valence-corrected chi connectivity index (χ3v) is 2.58. The van der Waals surface area contributed by atoms with Crippen molar-refractivity contribution in [3.63, 3.8) is 0 Å². The molecule has 0 heterocycles. The van der Waals surface area contributed by atoms with Crippen molar-refractivity contribution in [3.8, 4) is 5.75 Å². The minimum Gasteiger partial charge on any atom is -0.496 e. The van der Waals surface area contributed by atoms with Gasteiger partial charge < -0.3 is 14.9 Å². The summed E-state index contributed by atoms with van der Waals surface area (Å²) in [6, 6.07) is 1.81. The summed E-state index contributed by atoms with van der Waals surface area (Å²) in [6.45, 7) is 0. The zero-order valence-electron chi connectivity index (χ0n) is 8.95. The van der Waals surface area contributed by atoms with Crippen molar-refractivity contribution in [2.24, 2.45) is 0 Å². The van der Waals surface area contributed by atoms with Crippen molar-refractivity contribution in [3.05, 3.63) is 27.7 Å². The molecule has 0 saturated carbocycles. The maximum absolute atomic E-state index is 12.7. The summed E-state index contributed by atoms with van der Waals surface area (Å²) in [6.07, 6.45) is -6.82. The molecule has 8 heteroatoms. The van der Waals surface area contributed by atoms with Gasteiger partial charge in [-0.3, -0.25) is 0 Å². The molecule has 1 aromatic carbocycles. The number of carboxylic acid groups (broad SMARTS) is 1. The minimum atomic E-state index is -4.72. The Morgan fingerprint density at radius 3 is 2.39 bits per heavy atom. The molecule has 1 rings (SSSR count). The first-order valence-corrected chi connectivity index (χ1v) is 5.33. The highest BCUT2D eigenvalue weighted by molar-refractivity contribution is 9.10. The molecule has 0 aliphatic rings. The number of ether oxygens (including phenoxy) is 1. The summed E-state index contributed by atoms with van der Waals surface area (Å²) in [4.78, 5) is 10.6. The topological polar surface area (TPSA) is 66.8 Å². The molecule has 0 spiro atoms. The van der Waals surface area contributed by atoms with E-state index in [0.29, 0.717) is 0 Å². The number of alkyl halides is 3. The maximum atomic E-state index is 12.7. The number of hydrogen-bond donors (Lipinski definition) is 2. The first kappa shape index (κ1) is 14.8. The van der Waals surface area contributed by atoms with E-state index >= 15 is 0 Å². The van der Waals surface area contributed by atoms with Gasteiger partial charge in [-0.25, -0.2) is 4.79 Å². The average molecular weight is 329 g/mol. The van der Waals surface area contributed by atoms with Gasteiger partial charge in [0.2, 0.25) is 0 Å². The molecule has 1 aromatic rings. The van der Waals surface area contributed by atoms with Crippen LogP contribution in [0, 0.1) is 0 Å². The number of benzene rings is 1. The second kappa shape index (κ2) is 5.15. The van der Waals surface area contributed by atoms with Gasteiger partial charge in [-0.2, -0.15) is 13.2 Å². The number of aliphatic hydroxyl groups excluding tert-OH is 1. The Labute approximate surface area is 108 Å². The largest absolute Gasteiger partial charge is 0.496 e. The van der Waals surface area contributed by atoms with Crippen LogP contribution in [-0.4, -0.2) is 23.3 Å². The van der Waals surface area contributed by atoms with Crippen molar-refractivity contribution >= 4 is 21.9 Å². The fraction of sp³-hybridized carbons (Fsp3) is 0.300. The molecule has 0 saturated heterocycles. The van der Waals surface area contributed by atoms with E-state index in [-0.39, 0.29) is 4.47 Å². The number of aliphatic carboxylic acids is 1. The van der Waals surface area contributed by atoms with Crippen molar-refractivity contribution in [1.29, 1.82) is 0 Å². The van der Waals surface area contributed by atoms with E-state index in [1.54, 1.807) is 0 Å². The van der Waals surface area contributed by atoms with Crippen LogP contribution in [0.15, 0.2) is 16.6 Å². The average Bonchev–Trinajstić information content (AvgIpc) is 2.25. The quantitative estimate of drug-likeness (QED) is 0.895. The van der Waals surface area contributed by atoms with Crippen LogP contribution in [0.25, 0.3) is 0 Å². The molecule has 2 N–H and O–H groups in total. The Morgan fingerprint density at radius 1 is 1.44 bits per heavy atom. The Morgan fingerprint density at radius 2 is 2.00 bits per heavy atom. The third kappa shape index (κ3) is 2.94. The van der Waals surface area contributed by atoms with Gasteiger partial charge in [0.05, 0.1) is 12.7 Å². The lowest BCUT2D eigenvalue weighted by molar-refractivity contribution is -0.147. The molecule has 1 unspecified atom stereocenters. The normalized spacial score (nSPS) is 13.2. The van der Waals surface area contributed by atoms with E-state index in [1.807, 2.05) is 0 Å². The molecule has 1 atom stereocenters. The highest BCUT2D eigenvalue weighted by Crippen LogP contribution is 2.42. The van der Waals surface area contributed by atoms with Crippen LogP contribution < -0.4 is 4.74 Å². The highest BCUT2D eigenvalue weighted by atomic mass is 79.9. The fourth-order valence-corrected chi connectivity index (χ4v) is 1.86. The van der Waals surface area contributed by atoms with E-state index < -0.39 is 35.1 Å². The predicted molar refractivity (Wildman–Crippen MR) is 58.3 cm³/mol. The zero-order chi connectivity index (χ0) is 14.1. The predicted octanol–water partition coefficient (Wildman–Crippen LogP) is 2.59. The number of carbonyl (C=O) groups is 1. The lowest BCUT2D eigenvalue weighted by Crippen LogP contribution is -2.15. The Bertz CT molecular complexity index is 473.